The van der Waals surface area contributed by atoms with Crippen molar-refractivity contribution in [2.75, 3.05) is 11.4 Å². The lowest BCUT2D eigenvalue weighted by Crippen LogP contribution is -2.26. The summed E-state index contributed by atoms with van der Waals surface area (Å²) >= 11 is 0. The molecule has 0 radical (unpaired) electrons. The number of rotatable bonds is 6. The fraction of sp³-hybridized carbons (Fsp3) is 0.346. The molecular weight excluding hydrogens is 421 g/mol. The summed E-state index contributed by atoms with van der Waals surface area (Å²) in [4.78, 5) is 22.7. The number of ether oxygens (including phenoxy) is 1. The van der Waals surface area contributed by atoms with Crippen molar-refractivity contribution in [3.05, 3.63) is 82.4 Å². The summed E-state index contributed by atoms with van der Waals surface area (Å²) in [6.45, 7) is 0.757. The van der Waals surface area contributed by atoms with Gasteiger partial charge in [-0.2, -0.15) is 0 Å². The molecule has 1 aliphatic heterocycles. The Balaban J connectivity index is 1.40. The van der Waals surface area contributed by atoms with Crippen LogP contribution in [0.5, 0.6) is 5.75 Å². The number of aryl methyl sites for hydroxylation is 2. The van der Waals surface area contributed by atoms with Gasteiger partial charge >= 0.3 is 5.97 Å². The van der Waals surface area contributed by atoms with Crippen molar-refractivity contribution >= 4 is 11.9 Å². The van der Waals surface area contributed by atoms with Gasteiger partial charge in [-0.25, -0.2) is 19.2 Å². The molecule has 2 aliphatic rings. The first-order valence-corrected chi connectivity index (χ1v) is 11.4. The SMILES string of the molecule is O=C(O)c1cnc(N2CCC[C@@H]2c2cccc(F)c2)nc1COc1ccc2c(c1)CCCC2. The van der Waals surface area contributed by atoms with Crippen LogP contribution in [0, 0.1) is 5.82 Å². The van der Waals surface area contributed by atoms with Crippen LogP contribution >= 0.6 is 0 Å². The summed E-state index contributed by atoms with van der Waals surface area (Å²) in [7, 11) is 0. The largest absolute Gasteiger partial charge is 0.487 e. The van der Waals surface area contributed by atoms with Crippen molar-refractivity contribution in [3.63, 3.8) is 0 Å². The predicted octanol–water partition coefficient (Wildman–Crippen LogP) is 5.11. The number of nitrogens with zero attached hydrogens (tertiary/aromatic N) is 3. The Labute approximate surface area is 192 Å². The molecule has 0 bridgehead atoms. The molecule has 0 unspecified atom stereocenters. The molecule has 1 atom stereocenters. The van der Waals surface area contributed by atoms with E-state index in [1.54, 1.807) is 6.07 Å². The van der Waals surface area contributed by atoms with Gasteiger partial charge in [0.15, 0.2) is 0 Å². The fourth-order valence-electron chi connectivity index (χ4n) is 4.85. The van der Waals surface area contributed by atoms with E-state index in [-0.39, 0.29) is 24.0 Å². The molecule has 5 rings (SSSR count). The average Bonchev–Trinajstić information content (AvgIpc) is 3.32. The third-order valence-electron chi connectivity index (χ3n) is 6.52. The Hall–Kier alpha value is -3.48. The number of fused-ring (bicyclic) bond motifs is 1. The maximum absolute atomic E-state index is 13.8. The number of aromatic nitrogens is 2. The third-order valence-corrected chi connectivity index (χ3v) is 6.52. The van der Waals surface area contributed by atoms with E-state index in [1.807, 2.05) is 17.0 Å². The van der Waals surface area contributed by atoms with Crippen LogP contribution in [0.1, 0.15) is 64.5 Å². The molecule has 1 fully saturated rings. The van der Waals surface area contributed by atoms with Gasteiger partial charge in [-0.1, -0.05) is 18.2 Å². The first-order valence-electron chi connectivity index (χ1n) is 11.4. The minimum Gasteiger partial charge on any atom is -0.487 e. The number of halogens is 1. The maximum Gasteiger partial charge on any atom is 0.339 e. The second kappa shape index (κ2) is 9.17. The highest BCUT2D eigenvalue weighted by Gasteiger charge is 2.29. The summed E-state index contributed by atoms with van der Waals surface area (Å²) in [6.07, 6.45) is 7.65. The minimum absolute atomic E-state index is 0.0261. The second-order valence-corrected chi connectivity index (χ2v) is 8.67. The molecule has 1 N–H and O–H groups in total. The molecule has 0 spiro atoms. The molecule has 6 nitrogen and oxygen atoms in total. The summed E-state index contributed by atoms with van der Waals surface area (Å²) in [6, 6.07) is 12.6. The molecule has 0 saturated carbocycles. The summed E-state index contributed by atoms with van der Waals surface area (Å²) in [5, 5.41) is 9.65. The Kier molecular flexibility index (Phi) is 5.94. The summed E-state index contributed by atoms with van der Waals surface area (Å²) < 4.78 is 19.8. The zero-order valence-electron chi connectivity index (χ0n) is 18.3. The first kappa shape index (κ1) is 21.4. The van der Waals surface area contributed by atoms with E-state index >= 15 is 0 Å². The Morgan fingerprint density at radius 1 is 1.12 bits per heavy atom. The van der Waals surface area contributed by atoms with Crippen molar-refractivity contribution < 1.29 is 19.0 Å². The number of anilines is 1. The highest BCUT2D eigenvalue weighted by atomic mass is 19.1. The van der Waals surface area contributed by atoms with Gasteiger partial charge in [-0.15, -0.1) is 0 Å². The van der Waals surface area contributed by atoms with Crippen LogP contribution in [0.4, 0.5) is 10.3 Å². The third kappa shape index (κ3) is 4.53. The lowest BCUT2D eigenvalue weighted by molar-refractivity contribution is 0.0692. The van der Waals surface area contributed by atoms with Crippen LogP contribution in [0.3, 0.4) is 0 Å². The van der Waals surface area contributed by atoms with Crippen molar-refractivity contribution in [3.8, 4) is 5.75 Å². The number of aromatic carboxylic acids is 1. The number of benzene rings is 2. The van der Waals surface area contributed by atoms with Gasteiger partial charge in [-0.05, 0) is 79.5 Å². The van der Waals surface area contributed by atoms with Crippen molar-refractivity contribution in [1.29, 1.82) is 0 Å². The Morgan fingerprint density at radius 2 is 1.97 bits per heavy atom. The zero-order valence-corrected chi connectivity index (χ0v) is 18.3. The van der Waals surface area contributed by atoms with E-state index < -0.39 is 5.97 Å². The van der Waals surface area contributed by atoms with E-state index in [2.05, 4.69) is 22.1 Å². The average molecular weight is 448 g/mol. The smallest absolute Gasteiger partial charge is 0.339 e. The number of hydrogen-bond acceptors (Lipinski definition) is 5. The van der Waals surface area contributed by atoms with Gasteiger partial charge in [0.1, 0.15) is 23.7 Å². The van der Waals surface area contributed by atoms with E-state index in [9.17, 15) is 14.3 Å². The van der Waals surface area contributed by atoms with Gasteiger partial charge < -0.3 is 14.7 Å². The van der Waals surface area contributed by atoms with Gasteiger partial charge in [0, 0.05) is 12.7 Å². The lowest BCUT2D eigenvalue weighted by Gasteiger charge is -2.25. The molecule has 7 heteroatoms. The highest BCUT2D eigenvalue weighted by molar-refractivity contribution is 5.88. The van der Waals surface area contributed by atoms with Crippen molar-refractivity contribution in [1.82, 2.24) is 9.97 Å². The van der Waals surface area contributed by atoms with Gasteiger partial charge in [-0.3, -0.25) is 0 Å². The molecular formula is C26H26FN3O3. The van der Waals surface area contributed by atoms with Crippen LogP contribution in [-0.4, -0.2) is 27.6 Å². The van der Waals surface area contributed by atoms with Gasteiger partial charge in [0.2, 0.25) is 5.95 Å². The molecule has 3 aromatic rings. The fourth-order valence-corrected chi connectivity index (χ4v) is 4.85. The van der Waals surface area contributed by atoms with E-state index in [4.69, 9.17) is 4.74 Å². The Bertz CT molecular complexity index is 1180. The number of carbonyl (C=O) groups is 1. The van der Waals surface area contributed by atoms with Crippen LogP contribution in [0.15, 0.2) is 48.7 Å². The molecule has 1 saturated heterocycles. The zero-order chi connectivity index (χ0) is 22.8. The van der Waals surface area contributed by atoms with Crippen LogP contribution in [0.25, 0.3) is 0 Å². The standard InChI is InChI=1S/C26H26FN3O3/c27-20-8-3-7-19(13-20)24-9-4-12-30(24)26-28-15-22(25(31)32)23(29-26)16-33-21-11-10-17-5-1-2-6-18(17)14-21/h3,7-8,10-11,13-15,24H,1-2,4-6,9,12,16H2,(H,31,32)/t24-/m1/s1. The quantitative estimate of drug-likeness (QED) is 0.566. The number of hydrogen-bond donors (Lipinski definition) is 1. The molecule has 0 amide bonds. The van der Waals surface area contributed by atoms with Gasteiger partial charge in [0.05, 0.1) is 11.7 Å². The van der Waals surface area contributed by atoms with E-state index in [1.165, 1.54) is 42.3 Å². The normalized spacial score (nSPS) is 17.6. The predicted molar refractivity (Wildman–Crippen MR) is 122 cm³/mol. The summed E-state index contributed by atoms with van der Waals surface area (Å²) in [5.74, 6) is -0.212. The molecule has 33 heavy (non-hydrogen) atoms. The first-order chi connectivity index (χ1) is 16.1. The van der Waals surface area contributed by atoms with Crippen molar-refractivity contribution in [2.24, 2.45) is 0 Å². The topological polar surface area (TPSA) is 75.5 Å². The van der Waals surface area contributed by atoms with E-state index in [0.29, 0.717) is 17.4 Å². The highest BCUT2D eigenvalue weighted by Crippen LogP contribution is 2.35. The molecule has 1 aromatic heterocycles. The molecule has 2 aromatic carbocycles. The maximum atomic E-state index is 13.8. The monoisotopic (exact) mass is 447 g/mol. The molecule has 2 heterocycles. The Morgan fingerprint density at radius 3 is 2.79 bits per heavy atom. The minimum atomic E-state index is -1.09. The number of carboxylic acids is 1. The van der Waals surface area contributed by atoms with Gasteiger partial charge in [0.25, 0.3) is 0 Å². The second-order valence-electron chi connectivity index (χ2n) is 8.67. The summed E-state index contributed by atoms with van der Waals surface area (Å²) in [5.41, 5.74) is 3.88. The molecule has 1 aliphatic carbocycles. The van der Waals surface area contributed by atoms with Crippen LogP contribution in [0.2, 0.25) is 0 Å². The van der Waals surface area contributed by atoms with Crippen LogP contribution in [-0.2, 0) is 19.4 Å². The van der Waals surface area contributed by atoms with Crippen LogP contribution < -0.4 is 9.64 Å². The van der Waals surface area contributed by atoms with E-state index in [0.717, 1.165) is 37.8 Å². The number of carboxylic acid groups (broad SMARTS) is 1. The van der Waals surface area contributed by atoms with Crippen molar-refractivity contribution in [2.45, 2.75) is 51.2 Å². The molecule has 170 valence electrons. The lowest BCUT2D eigenvalue weighted by atomic mass is 9.92.